The number of aromatic amines is 1. The van der Waals surface area contributed by atoms with E-state index in [1.54, 1.807) is 17.5 Å². The smallest absolute Gasteiger partial charge is 0.231 e. The molecule has 0 bridgehead atoms. The van der Waals surface area contributed by atoms with Crippen LogP contribution in [-0.2, 0) is 4.79 Å². The van der Waals surface area contributed by atoms with Gasteiger partial charge in [0.2, 0.25) is 5.91 Å². The fraction of sp³-hybridized carbons (Fsp3) is 0.188. The number of benzene rings is 1. The lowest BCUT2D eigenvalue weighted by Crippen LogP contribution is -2.30. The first-order valence-electron chi connectivity index (χ1n) is 7.10. The van der Waals surface area contributed by atoms with Crippen molar-refractivity contribution in [1.29, 1.82) is 0 Å². The third kappa shape index (κ3) is 4.20. The number of hydrogen-bond acceptors (Lipinski definition) is 5. The Morgan fingerprint density at radius 1 is 1.35 bits per heavy atom. The number of carbonyl (C=O) groups is 1. The van der Waals surface area contributed by atoms with Crippen LogP contribution in [-0.4, -0.2) is 27.1 Å². The van der Waals surface area contributed by atoms with E-state index in [0.29, 0.717) is 10.8 Å². The summed E-state index contributed by atoms with van der Waals surface area (Å²) in [6.07, 6.45) is 1.61. The highest BCUT2D eigenvalue weighted by molar-refractivity contribution is 7.99. The number of nitrogens with one attached hydrogen (secondary N) is 2. The summed E-state index contributed by atoms with van der Waals surface area (Å²) >= 11 is 3.00. The molecule has 0 unspecified atom stereocenters. The molecule has 118 valence electrons. The van der Waals surface area contributed by atoms with Gasteiger partial charge in [0.1, 0.15) is 5.03 Å². The number of aryl methyl sites for hydroxylation is 1. The number of thiophene rings is 1. The molecule has 0 spiro atoms. The molecule has 0 saturated carbocycles. The fourth-order valence-corrected chi connectivity index (χ4v) is 3.53. The third-order valence-electron chi connectivity index (χ3n) is 3.29. The lowest BCUT2D eigenvalue weighted by Gasteiger charge is -2.18. The molecule has 3 aromatic rings. The van der Waals surface area contributed by atoms with E-state index < -0.39 is 0 Å². The van der Waals surface area contributed by atoms with Gasteiger partial charge in [0.05, 0.1) is 18.0 Å². The molecule has 0 fully saturated rings. The third-order valence-corrected chi connectivity index (χ3v) is 5.12. The number of amides is 1. The summed E-state index contributed by atoms with van der Waals surface area (Å²) in [5.74, 6) is 0.275. The molecular weight excluding hydrogens is 328 g/mol. The maximum Gasteiger partial charge on any atom is 0.231 e. The van der Waals surface area contributed by atoms with Crippen LogP contribution in [0, 0.1) is 6.92 Å². The van der Waals surface area contributed by atoms with Gasteiger partial charge in [-0.2, -0.15) is 10.3 Å². The van der Waals surface area contributed by atoms with Crippen LogP contribution < -0.4 is 5.32 Å². The number of hydrogen-bond donors (Lipinski definition) is 2. The Balaban J connectivity index is 1.71. The molecule has 1 aromatic carbocycles. The standard InChI is InChI=1S/C16H16N4OS2/c1-11-4-6-12(7-5-11)16(13-3-2-8-22-13)18-14(21)10-23-15-9-17-20-19-15/h2-9,16H,10H2,1H3,(H,18,21)(H,17,19,20)/t16-/m0/s1. The Bertz CT molecular complexity index is 739. The zero-order valence-corrected chi connectivity index (χ0v) is 14.2. The minimum Gasteiger partial charge on any atom is -0.344 e. The molecule has 0 aliphatic carbocycles. The molecule has 1 atom stereocenters. The van der Waals surface area contributed by atoms with Gasteiger partial charge in [-0.15, -0.1) is 16.4 Å². The number of thioether (sulfide) groups is 1. The second-order valence-corrected chi connectivity index (χ2v) is 7.00. The number of carbonyl (C=O) groups excluding carboxylic acids is 1. The lowest BCUT2D eigenvalue weighted by molar-refractivity contribution is -0.119. The highest BCUT2D eigenvalue weighted by atomic mass is 32.2. The topological polar surface area (TPSA) is 70.7 Å². The van der Waals surface area contributed by atoms with Crippen LogP contribution in [0.3, 0.4) is 0 Å². The van der Waals surface area contributed by atoms with Crippen molar-refractivity contribution < 1.29 is 4.79 Å². The second-order valence-electron chi connectivity index (χ2n) is 5.02. The summed E-state index contributed by atoms with van der Waals surface area (Å²) in [4.78, 5) is 13.4. The van der Waals surface area contributed by atoms with Crippen LogP contribution in [0.25, 0.3) is 0 Å². The summed E-state index contributed by atoms with van der Waals surface area (Å²) in [5.41, 5.74) is 2.28. The van der Waals surface area contributed by atoms with Crippen LogP contribution in [0.4, 0.5) is 0 Å². The zero-order chi connectivity index (χ0) is 16.1. The predicted molar refractivity (Wildman–Crippen MR) is 92.6 cm³/mol. The molecule has 7 heteroatoms. The second kappa shape index (κ2) is 7.43. The number of aromatic nitrogens is 3. The van der Waals surface area contributed by atoms with E-state index in [-0.39, 0.29) is 11.9 Å². The lowest BCUT2D eigenvalue weighted by atomic mass is 10.0. The van der Waals surface area contributed by atoms with E-state index in [2.05, 4.69) is 51.9 Å². The van der Waals surface area contributed by atoms with E-state index in [0.717, 1.165) is 10.4 Å². The maximum atomic E-state index is 12.3. The quantitative estimate of drug-likeness (QED) is 0.674. The first-order valence-corrected chi connectivity index (χ1v) is 8.97. The summed E-state index contributed by atoms with van der Waals surface area (Å²) < 4.78 is 0. The van der Waals surface area contributed by atoms with Crippen molar-refractivity contribution in [2.24, 2.45) is 0 Å². The fourth-order valence-electron chi connectivity index (χ4n) is 2.14. The van der Waals surface area contributed by atoms with Crippen molar-refractivity contribution in [2.45, 2.75) is 18.0 Å². The van der Waals surface area contributed by atoms with Gasteiger partial charge >= 0.3 is 0 Å². The zero-order valence-electron chi connectivity index (χ0n) is 12.5. The average Bonchev–Trinajstić information content (AvgIpc) is 3.25. The number of H-pyrrole nitrogens is 1. The van der Waals surface area contributed by atoms with Gasteiger partial charge in [0, 0.05) is 4.88 Å². The first kappa shape index (κ1) is 15.8. The number of nitrogens with zero attached hydrogens (tertiary/aromatic N) is 2. The molecule has 2 heterocycles. The van der Waals surface area contributed by atoms with Crippen LogP contribution in [0.1, 0.15) is 22.0 Å². The average molecular weight is 344 g/mol. The molecule has 0 saturated heterocycles. The predicted octanol–water partition coefficient (Wildman–Crippen LogP) is 3.17. The van der Waals surface area contributed by atoms with Crippen molar-refractivity contribution in [2.75, 3.05) is 5.75 Å². The van der Waals surface area contributed by atoms with Crippen molar-refractivity contribution in [3.8, 4) is 0 Å². The molecule has 5 nitrogen and oxygen atoms in total. The van der Waals surface area contributed by atoms with E-state index in [4.69, 9.17) is 0 Å². The molecule has 0 aliphatic heterocycles. The molecule has 23 heavy (non-hydrogen) atoms. The SMILES string of the molecule is Cc1ccc([C@H](NC(=O)CSc2cn[nH]n2)c2cccs2)cc1. The number of rotatable bonds is 6. The highest BCUT2D eigenvalue weighted by Crippen LogP contribution is 2.26. The molecule has 1 amide bonds. The summed E-state index contributed by atoms with van der Waals surface area (Å²) in [7, 11) is 0. The molecule has 3 rings (SSSR count). The van der Waals surface area contributed by atoms with Crippen LogP contribution in [0.15, 0.2) is 53.0 Å². The normalized spacial score (nSPS) is 12.0. The molecule has 2 N–H and O–H groups in total. The van der Waals surface area contributed by atoms with Gasteiger partial charge < -0.3 is 5.32 Å². The van der Waals surface area contributed by atoms with Gasteiger partial charge in [-0.25, -0.2) is 0 Å². The summed E-state index contributed by atoms with van der Waals surface area (Å²) in [5, 5.41) is 16.0. The monoisotopic (exact) mass is 344 g/mol. The Morgan fingerprint density at radius 2 is 2.17 bits per heavy atom. The molecule has 2 aromatic heterocycles. The van der Waals surface area contributed by atoms with Crippen molar-refractivity contribution in [3.63, 3.8) is 0 Å². The van der Waals surface area contributed by atoms with Gasteiger partial charge in [-0.1, -0.05) is 47.7 Å². The van der Waals surface area contributed by atoms with Crippen molar-refractivity contribution >= 4 is 29.0 Å². The van der Waals surface area contributed by atoms with E-state index in [9.17, 15) is 4.79 Å². The Hall–Kier alpha value is -2.12. The van der Waals surface area contributed by atoms with E-state index in [1.165, 1.54) is 17.3 Å². The highest BCUT2D eigenvalue weighted by Gasteiger charge is 2.18. The minimum atomic E-state index is -0.124. The van der Waals surface area contributed by atoms with Crippen LogP contribution in [0.2, 0.25) is 0 Å². The molecule has 0 aliphatic rings. The molecular formula is C16H16N4OS2. The summed E-state index contributed by atoms with van der Waals surface area (Å²) in [6.45, 7) is 2.05. The minimum absolute atomic E-state index is 0.0306. The molecule has 0 radical (unpaired) electrons. The maximum absolute atomic E-state index is 12.3. The van der Waals surface area contributed by atoms with Crippen LogP contribution in [0.5, 0.6) is 0 Å². The van der Waals surface area contributed by atoms with Gasteiger partial charge in [0.15, 0.2) is 0 Å². The first-order chi connectivity index (χ1) is 11.2. The Morgan fingerprint density at radius 3 is 2.83 bits per heavy atom. The summed E-state index contributed by atoms with van der Waals surface area (Å²) in [6, 6.07) is 12.2. The van der Waals surface area contributed by atoms with Gasteiger partial charge in [-0.3, -0.25) is 4.79 Å². The van der Waals surface area contributed by atoms with E-state index >= 15 is 0 Å². The van der Waals surface area contributed by atoms with Gasteiger partial charge in [0.25, 0.3) is 0 Å². The Kier molecular flexibility index (Phi) is 5.09. The van der Waals surface area contributed by atoms with Crippen LogP contribution >= 0.6 is 23.1 Å². The van der Waals surface area contributed by atoms with Gasteiger partial charge in [-0.05, 0) is 23.9 Å². The van der Waals surface area contributed by atoms with Crippen molar-refractivity contribution in [3.05, 3.63) is 64.0 Å². The van der Waals surface area contributed by atoms with Crippen molar-refractivity contribution in [1.82, 2.24) is 20.7 Å². The Labute approximate surface area is 142 Å². The largest absolute Gasteiger partial charge is 0.344 e. The van der Waals surface area contributed by atoms with E-state index in [1.807, 2.05) is 17.5 Å².